The van der Waals surface area contributed by atoms with Crippen LogP contribution in [-0.2, 0) is 9.53 Å². The Morgan fingerprint density at radius 3 is 2.79 bits per heavy atom. The van der Waals surface area contributed by atoms with Crippen molar-refractivity contribution < 1.29 is 9.53 Å². The molecule has 5 heteroatoms. The maximum Gasteiger partial charge on any atom is 0.240 e. The van der Waals surface area contributed by atoms with Gasteiger partial charge in [0.1, 0.15) is 0 Å². The van der Waals surface area contributed by atoms with E-state index >= 15 is 0 Å². The second-order valence-corrected chi connectivity index (χ2v) is 4.79. The van der Waals surface area contributed by atoms with Crippen LogP contribution in [0.25, 0.3) is 0 Å². The third-order valence-corrected chi connectivity index (χ3v) is 3.33. The summed E-state index contributed by atoms with van der Waals surface area (Å²) in [7, 11) is 1.79. The van der Waals surface area contributed by atoms with Crippen molar-refractivity contribution in [1.29, 1.82) is 0 Å². The highest BCUT2D eigenvalue weighted by Crippen LogP contribution is 2.15. The van der Waals surface area contributed by atoms with Gasteiger partial charge in [-0.05, 0) is 30.7 Å². The van der Waals surface area contributed by atoms with Crippen molar-refractivity contribution in [3.63, 3.8) is 0 Å². The van der Waals surface area contributed by atoms with Gasteiger partial charge in [-0.25, -0.2) is 0 Å². The molecular weight excluding hydrogens is 242 g/mol. The summed E-state index contributed by atoms with van der Waals surface area (Å²) in [5.41, 5.74) is 7.21. The molecule has 1 aliphatic rings. The maximum atomic E-state index is 12.2. The summed E-state index contributed by atoms with van der Waals surface area (Å²) in [5.74, 6) is 0.0895. The van der Waals surface area contributed by atoms with Crippen LogP contribution in [0.4, 0.5) is 11.4 Å². The molecule has 5 nitrogen and oxygen atoms in total. The Bertz CT molecular complexity index is 411. The third-order valence-electron chi connectivity index (χ3n) is 3.33. The van der Waals surface area contributed by atoms with Gasteiger partial charge in [-0.15, -0.1) is 0 Å². The van der Waals surface area contributed by atoms with E-state index < -0.39 is 0 Å². The molecule has 0 radical (unpaired) electrons. The van der Waals surface area contributed by atoms with E-state index in [1.807, 2.05) is 12.1 Å². The molecule has 1 fully saturated rings. The minimum Gasteiger partial charge on any atom is -0.399 e. The van der Waals surface area contributed by atoms with Crippen LogP contribution in [0.2, 0.25) is 0 Å². The summed E-state index contributed by atoms with van der Waals surface area (Å²) < 4.78 is 5.38. The molecule has 2 N–H and O–H groups in total. The van der Waals surface area contributed by atoms with Gasteiger partial charge in [0.15, 0.2) is 0 Å². The summed E-state index contributed by atoms with van der Waals surface area (Å²) in [5, 5.41) is 0. The lowest BCUT2D eigenvalue weighted by atomic mass is 10.2. The lowest BCUT2D eigenvalue weighted by Crippen LogP contribution is -2.39. The first-order valence-corrected chi connectivity index (χ1v) is 6.59. The molecule has 1 aliphatic heterocycles. The highest BCUT2D eigenvalue weighted by molar-refractivity contribution is 5.94. The number of anilines is 2. The van der Waals surface area contributed by atoms with Gasteiger partial charge in [0.2, 0.25) is 5.91 Å². The lowest BCUT2D eigenvalue weighted by Gasteiger charge is -2.23. The normalized spacial score (nSPS) is 16.9. The molecule has 1 aromatic carbocycles. The third kappa shape index (κ3) is 3.94. The van der Waals surface area contributed by atoms with Gasteiger partial charge in [0, 0.05) is 38.1 Å². The Morgan fingerprint density at radius 2 is 2.05 bits per heavy atom. The minimum atomic E-state index is 0.0895. The summed E-state index contributed by atoms with van der Waals surface area (Å²) >= 11 is 0. The smallest absolute Gasteiger partial charge is 0.240 e. The van der Waals surface area contributed by atoms with Crippen molar-refractivity contribution in [2.24, 2.45) is 0 Å². The number of nitrogens with two attached hydrogens (primary N) is 1. The number of carbonyl (C=O) groups excluding carboxylic acids is 1. The molecule has 0 saturated carbocycles. The summed E-state index contributed by atoms with van der Waals surface area (Å²) in [4.78, 5) is 16.0. The van der Waals surface area contributed by atoms with Crippen LogP contribution >= 0.6 is 0 Å². The molecule has 0 spiro atoms. The average Bonchev–Trinajstić information content (AvgIpc) is 2.67. The zero-order chi connectivity index (χ0) is 13.7. The fraction of sp³-hybridized carbons (Fsp3) is 0.500. The van der Waals surface area contributed by atoms with Gasteiger partial charge in [-0.3, -0.25) is 9.69 Å². The summed E-state index contributed by atoms with van der Waals surface area (Å²) in [6, 6.07) is 7.33. The number of ether oxygens (including phenoxy) is 1. The van der Waals surface area contributed by atoms with Crippen LogP contribution in [-0.4, -0.2) is 50.7 Å². The number of likely N-dealkylation sites (N-methyl/N-ethyl adjacent to an activating group) is 1. The van der Waals surface area contributed by atoms with E-state index in [2.05, 4.69) is 4.90 Å². The Hall–Kier alpha value is -1.59. The number of hydrogen-bond donors (Lipinski definition) is 1. The molecule has 1 aromatic rings. The molecule has 0 aromatic heterocycles. The highest BCUT2D eigenvalue weighted by atomic mass is 16.5. The Balaban J connectivity index is 1.93. The van der Waals surface area contributed by atoms with Crippen molar-refractivity contribution in [3.8, 4) is 0 Å². The Labute approximate surface area is 113 Å². The van der Waals surface area contributed by atoms with Crippen LogP contribution in [0.1, 0.15) is 6.42 Å². The minimum absolute atomic E-state index is 0.0895. The summed E-state index contributed by atoms with van der Waals surface area (Å²) in [6.07, 6.45) is 0.985. The van der Waals surface area contributed by atoms with E-state index in [9.17, 15) is 4.79 Å². The average molecular weight is 263 g/mol. The van der Waals surface area contributed by atoms with Gasteiger partial charge in [0.05, 0.1) is 13.2 Å². The van der Waals surface area contributed by atoms with E-state index in [0.717, 1.165) is 31.8 Å². The second kappa shape index (κ2) is 6.54. The number of benzene rings is 1. The van der Waals surface area contributed by atoms with Crippen molar-refractivity contribution >= 4 is 17.3 Å². The van der Waals surface area contributed by atoms with Gasteiger partial charge in [-0.1, -0.05) is 0 Å². The molecular formula is C14H21N3O2. The molecule has 1 heterocycles. The number of hydrogen-bond acceptors (Lipinski definition) is 4. The molecule has 0 bridgehead atoms. The van der Waals surface area contributed by atoms with E-state index in [1.165, 1.54) is 0 Å². The molecule has 0 unspecified atom stereocenters. The summed E-state index contributed by atoms with van der Waals surface area (Å²) in [6.45, 7) is 3.67. The van der Waals surface area contributed by atoms with Gasteiger partial charge in [0.25, 0.3) is 0 Å². The van der Waals surface area contributed by atoms with Gasteiger partial charge >= 0.3 is 0 Å². The van der Waals surface area contributed by atoms with Crippen LogP contribution < -0.4 is 10.6 Å². The molecule has 104 valence electrons. The van der Waals surface area contributed by atoms with Crippen molar-refractivity contribution in [2.45, 2.75) is 6.42 Å². The van der Waals surface area contributed by atoms with Gasteiger partial charge in [-0.2, -0.15) is 0 Å². The SMILES string of the molecule is CN(C(=O)CN1CCCOCC1)c1ccc(N)cc1. The lowest BCUT2D eigenvalue weighted by molar-refractivity contribution is -0.119. The van der Waals surface area contributed by atoms with E-state index in [-0.39, 0.29) is 5.91 Å². The van der Waals surface area contributed by atoms with Crippen LogP contribution in [0.5, 0.6) is 0 Å². The standard InChI is InChI=1S/C14H21N3O2/c1-16(13-5-3-12(15)4-6-13)14(18)11-17-7-2-9-19-10-8-17/h3-6H,2,7-11,15H2,1H3. The van der Waals surface area contributed by atoms with Crippen molar-refractivity contribution in [2.75, 3.05) is 50.5 Å². The number of carbonyl (C=O) groups is 1. The predicted molar refractivity (Wildman–Crippen MR) is 76.1 cm³/mol. The number of nitrogen functional groups attached to an aromatic ring is 1. The number of rotatable bonds is 3. The van der Waals surface area contributed by atoms with Crippen LogP contribution in [0, 0.1) is 0 Å². The number of nitrogens with zero attached hydrogens (tertiary/aromatic N) is 2. The van der Waals surface area contributed by atoms with E-state index in [0.29, 0.717) is 18.8 Å². The quantitative estimate of drug-likeness (QED) is 0.825. The first-order chi connectivity index (χ1) is 9.16. The molecule has 2 rings (SSSR count). The Morgan fingerprint density at radius 1 is 1.32 bits per heavy atom. The highest BCUT2D eigenvalue weighted by Gasteiger charge is 2.16. The predicted octanol–water partition coefficient (Wildman–Crippen LogP) is 0.954. The molecule has 19 heavy (non-hydrogen) atoms. The van der Waals surface area contributed by atoms with Crippen molar-refractivity contribution in [1.82, 2.24) is 4.90 Å². The fourth-order valence-corrected chi connectivity index (χ4v) is 2.10. The molecule has 0 aliphatic carbocycles. The topological polar surface area (TPSA) is 58.8 Å². The monoisotopic (exact) mass is 263 g/mol. The van der Waals surface area contributed by atoms with Gasteiger partial charge < -0.3 is 15.4 Å². The zero-order valence-electron chi connectivity index (χ0n) is 11.3. The zero-order valence-corrected chi connectivity index (χ0v) is 11.3. The first-order valence-electron chi connectivity index (χ1n) is 6.59. The number of amides is 1. The fourth-order valence-electron chi connectivity index (χ4n) is 2.10. The van der Waals surface area contributed by atoms with E-state index in [4.69, 9.17) is 10.5 Å². The molecule has 0 atom stereocenters. The van der Waals surface area contributed by atoms with Crippen LogP contribution in [0.3, 0.4) is 0 Å². The largest absolute Gasteiger partial charge is 0.399 e. The maximum absolute atomic E-state index is 12.2. The van der Waals surface area contributed by atoms with Crippen LogP contribution in [0.15, 0.2) is 24.3 Å². The van der Waals surface area contributed by atoms with E-state index in [1.54, 1.807) is 24.1 Å². The Kier molecular flexibility index (Phi) is 4.76. The van der Waals surface area contributed by atoms with Crippen molar-refractivity contribution in [3.05, 3.63) is 24.3 Å². The molecule has 1 amide bonds. The first kappa shape index (κ1) is 13.8. The second-order valence-electron chi connectivity index (χ2n) is 4.79. The molecule has 1 saturated heterocycles.